The van der Waals surface area contributed by atoms with Crippen molar-refractivity contribution in [1.29, 1.82) is 0 Å². The summed E-state index contributed by atoms with van der Waals surface area (Å²) in [5, 5.41) is 16.3. The lowest BCUT2D eigenvalue weighted by atomic mass is 10.4. The number of fused-ring (bicyclic) bond motifs is 1. The average molecular weight is 310 g/mol. The number of H-pyrrole nitrogens is 1. The molecule has 3 aromatic rings. The summed E-state index contributed by atoms with van der Waals surface area (Å²) < 4.78 is 6.75. The molecule has 0 saturated carbocycles. The molecule has 0 aliphatic rings. The topological polar surface area (TPSA) is 114 Å². The van der Waals surface area contributed by atoms with Crippen molar-refractivity contribution in [2.75, 3.05) is 19.0 Å². The van der Waals surface area contributed by atoms with Gasteiger partial charge in [0.1, 0.15) is 11.2 Å². The van der Waals surface area contributed by atoms with Crippen molar-refractivity contribution in [3.05, 3.63) is 17.8 Å². The molecular formula is C11H12ClN7O2. The standard InChI is InChI=1S/C11H12ClN7O2/c1-21-10-6(4-19(18-10)2-3-20)15-9-7-8(14-5-13-7)16-11(12)17-9/h4-5,20H,2-3H2,1H3,(H2,13,14,15,16,17). The molecule has 0 fully saturated rings. The number of ether oxygens (including phenoxy) is 1. The predicted octanol–water partition coefficient (Wildman–Crippen LogP) is 0.947. The normalized spacial score (nSPS) is 11.0. The lowest BCUT2D eigenvalue weighted by Crippen LogP contribution is -2.02. The van der Waals surface area contributed by atoms with E-state index in [-0.39, 0.29) is 11.9 Å². The first-order valence-electron chi connectivity index (χ1n) is 6.07. The number of hydrogen-bond donors (Lipinski definition) is 3. The molecule has 9 nitrogen and oxygen atoms in total. The van der Waals surface area contributed by atoms with Crippen LogP contribution in [0.4, 0.5) is 11.5 Å². The van der Waals surface area contributed by atoms with Gasteiger partial charge >= 0.3 is 0 Å². The Kier molecular flexibility index (Phi) is 3.59. The molecule has 0 amide bonds. The second kappa shape index (κ2) is 5.54. The summed E-state index contributed by atoms with van der Waals surface area (Å²) in [5.74, 6) is 0.843. The summed E-state index contributed by atoms with van der Waals surface area (Å²) in [6.45, 7) is 0.344. The zero-order valence-corrected chi connectivity index (χ0v) is 11.8. The minimum Gasteiger partial charge on any atom is -0.478 e. The van der Waals surface area contributed by atoms with Crippen LogP contribution in [0.25, 0.3) is 11.2 Å². The fraction of sp³-hybridized carbons (Fsp3) is 0.273. The maximum Gasteiger partial charge on any atom is 0.256 e. The van der Waals surface area contributed by atoms with Gasteiger partial charge in [0.2, 0.25) is 5.28 Å². The van der Waals surface area contributed by atoms with Crippen LogP contribution in [0.15, 0.2) is 12.5 Å². The number of imidazole rings is 1. The lowest BCUT2D eigenvalue weighted by molar-refractivity contribution is 0.267. The van der Waals surface area contributed by atoms with Crippen LogP contribution in [-0.2, 0) is 6.54 Å². The molecular weight excluding hydrogens is 298 g/mol. The first-order valence-corrected chi connectivity index (χ1v) is 6.45. The van der Waals surface area contributed by atoms with Crippen molar-refractivity contribution in [2.24, 2.45) is 0 Å². The van der Waals surface area contributed by atoms with Crippen LogP contribution in [0.3, 0.4) is 0 Å². The molecule has 110 valence electrons. The second-order valence-electron chi connectivity index (χ2n) is 4.11. The Morgan fingerprint density at radius 2 is 2.33 bits per heavy atom. The summed E-state index contributed by atoms with van der Waals surface area (Å²) in [7, 11) is 1.51. The molecule has 10 heteroatoms. The molecule has 3 aromatic heterocycles. The Morgan fingerprint density at radius 3 is 3.10 bits per heavy atom. The zero-order valence-electron chi connectivity index (χ0n) is 11.0. The smallest absolute Gasteiger partial charge is 0.256 e. The van der Waals surface area contributed by atoms with E-state index in [0.29, 0.717) is 35.1 Å². The van der Waals surface area contributed by atoms with Crippen LogP contribution in [-0.4, -0.2) is 48.5 Å². The van der Waals surface area contributed by atoms with Gasteiger partial charge in [-0.25, -0.2) is 4.98 Å². The van der Waals surface area contributed by atoms with E-state index in [1.54, 1.807) is 10.9 Å². The number of aromatic nitrogens is 6. The van der Waals surface area contributed by atoms with Crippen molar-refractivity contribution < 1.29 is 9.84 Å². The Morgan fingerprint density at radius 1 is 1.48 bits per heavy atom. The first kappa shape index (κ1) is 13.6. The van der Waals surface area contributed by atoms with Crippen LogP contribution in [0.2, 0.25) is 5.28 Å². The van der Waals surface area contributed by atoms with Crippen LogP contribution < -0.4 is 10.1 Å². The Balaban J connectivity index is 1.99. The molecule has 0 unspecified atom stereocenters. The third kappa shape index (κ3) is 2.60. The molecule has 3 N–H and O–H groups in total. The molecule has 0 aromatic carbocycles. The predicted molar refractivity (Wildman–Crippen MR) is 75.8 cm³/mol. The van der Waals surface area contributed by atoms with Gasteiger partial charge in [0.05, 0.1) is 32.8 Å². The zero-order chi connectivity index (χ0) is 14.8. The Hall–Kier alpha value is -2.39. The van der Waals surface area contributed by atoms with E-state index in [9.17, 15) is 0 Å². The van der Waals surface area contributed by atoms with Gasteiger partial charge in [0, 0.05) is 0 Å². The quantitative estimate of drug-likeness (QED) is 0.601. The average Bonchev–Trinajstić information content (AvgIpc) is 3.05. The van der Waals surface area contributed by atoms with Crippen molar-refractivity contribution in [1.82, 2.24) is 29.7 Å². The summed E-state index contributed by atoms with van der Waals surface area (Å²) >= 11 is 5.87. The highest BCUT2D eigenvalue weighted by atomic mass is 35.5. The van der Waals surface area contributed by atoms with E-state index in [1.165, 1.54) is 13.4 Å². The van der Waals surface area contributed by atoms with Gasteiger partial charge in [-0.3, -0.25) is 4.68 Å². The Bertz CT molecular complexity index is 769. The molecule has 3 heterocycles. The largest absolute Gasteiger partial charge is 0.478 e. The van der Waals surface area contributed by atoms with Gasteiger partial charge in [-0.1, -0.05) is 0 Å². The minimum absolute atomic E-state index is 0.0194. The summed E-state index contributed by atoms with van der Waals surface area (Å²) in [6.07, 6.45) is 3.21. The van der Waals surface area contributed by atoms with Gasteiger partial charge < -0.3 is 20.1 Å². The number of halogens is 1. The van der Waals surface area contributed by atoms with E-state index in [0.717, 1.165) is 0 Å². The molecule has 0 spiro atoms. The maximum atomic E-state index is 8.96. The fourth-order valence-electron chi connectivity index (χ4n) is 1.88. The third-order valence-corrected chi connectivity index (χ3v) is 2.93. The number of aliphatic hydroxyl groups is 1. The van der Waals surface area contributed by atoms with Crippen molar-refractivity contribution in [3.8, 4) is 5.88 Å². The Labute approximate surface area is 124 Å². The van der Waals surface area contributed by atoms with E-state index in [4.69, 9.17) is 21.4 Å². The molecule has 0 bridgehead atoms. The number of methoxy groups -OCH3 is 1. The summed E-state index contributed by atoms with van der Waals surface area (Å²) in [4.78, 5) is 15.1. The number of aromatic amines is 1. The number of nitrogens with zero attached hydrogens (tertiary/aromatic N) is 5. The first-order chi connectivity index (χ1) is 10.2. The van der Waals surface area contributed by atoms with E-state index < -0.39 is 0 Å². The maximum absolute atomic E-state index is 8.96. The van der Waals surface area contributed by atoms with Crippen LogP contribution in [0.5, 0.6) is 5.88 Å². The van der Waals surface area contributed by atoms with Crippen molar-refractivity contribution in [2.45, 2.75) is 6.54 Å². The molecule has 0 saturated heterocycles. The van der Waals surface area contributed by atoms with Crippen molar-refractivity contribution >= 4 is 34.3 Å². The highest BCUT2D eigenvalue weighted by Crippen LogP contribution is 2.28. The van der Waals surface area contributed by atoms with Crippen molar-refractivity contribution in [3.63, 3.8) is 0 Å². The van der Waals surface area contributed by atoms with E-state index in [1.807, 2.05) is 0 Å². The van der Waals surface area contributed by atoms with Crippen LogP contribution in [0.1, 0.15) is 0 Å². The molecule has 0 radical (unpaired) electrons. The van der Waals surface area contributed by atoms with Gasteiger partial charge in [-0.2, -0.15) is 9.97 Å². The monoisotopic (exact) mass is 309 g/mol. The molecule has 3 rings (SSSR count). The number of anilines is 2. The van der Waals surface area contributed by atoms with Crippen LogP contribution in [0, 0.1) is 0 Å². The summed E-state index contributed by atoms with van der Waals surface area (Å²) in [6, 6.07) is 0. The highest BCUT2D eigenvalue weighted by Gasteiger charge is 2.14. The number of hydrogen-bond acceptors (Lipinski definition) is 7. The van der Waals surface area contributed by atoms with E-state index >= 15 is 0 Å². The fourth-order valence-corrected chi connectivity index (χ4v) is 2.05. The van der Waals surface area contributed by atoms with Gasteiger partial charge in [-0.05, 0) is 11.6 Å². The van der Waals surface area contributed by atoms with Gasteiger partial charge in [0.15, 0.2) is 11.5 Å². The van der Waals surface area contributed by atoms with Gasteiger partial charge in [-0.15, -0.1) is 5.10 Å². The number of nitrogens with one attached hydrogen (secondary N) is 2. The molecule has 0 atom stereocenters. The minimum atomic E-state index is -0.0194. The second-order valence-corrected chi connectivity index (χ2v) is 4.44. The highest BCUT2D eigenvalue weighted by molar-refractivity contribution is 6.28. The molecule has 0 aliphatic heterocycles. The van der Waals surface area contributed by atoms with E-state index in [2.05, 4.69) is 30.4 Å². The lowest BCUT2D eigenvalue weighted by Gasteiger charge is -2.05. The van der Waals surface area contributed by atoms with Gasteiger partial charge in [0.25, 0.3) is 5.88 Å². The van der Waals surface area contributed by atoms with Crippen LogP contribution >= 0.6 is 11.6 Å². The third-order valence-electron chi connectivity index (χ3n) is 2.76. The SMILES string of the molecule is COc1nn(CCO)cc1Nc1nc(Cl)nc2nc[nH]c12. The summed E-state index contributed by atoms with van der Waals surface area (Å²) in [5.41, 5.74) is 1.67. The molecule has 21 heavy (non-hydrogen) atoms. The number of aliphatic hydroxyl groups excluding tert-OH is 1. The molecule has 0 aliphatic carbocycles. The number of rotatable bonds is 5.